The summed E-state index contributed by atoms with van der Waals surface area (Å²) in [6.45, 7) is 0. The van der Waals surface area contributed by atoms with Crippen molar-refractivity contribution in [3.05, 3.63) is 42.1 Å². The van der Waals surface area contributed by atoms with Crippen LogP contribution in [0.5, 0.6) is 5.75 Å². The number of hydrogen-bond donors (Lipinski definition) is 2. The van der Waals surface area contributed by atoms with Crippen LogP contribution in [0.2, 0.25) is 0 Å². The molecule has 0 aliphatic carbocycles. The lowest BCUT2D eigenvalue weighted by atomic mass is 10.0. The van der Waals surface area contributed by atoms with Crippen molar-refractivity contribution in [3.63, 3.8) is 0 Å². The highest BCUT2D eigenvalue weighted by Crippen LogP contribution is 2.26. The monoisotopic (exact) mass is 284 g/mol. The summed E-state index contributed by atoms with van der Waals surface area (Å²) in [7, 11) is 1.57. The number of aromatic nitrogens is 3. The molecule has 0 aliphatic rings. The molecule has 0 unspecified atom stereocenters. The highest BCUT2D eigenvalue weighted by molar-refractivity contribution is 5.97. The number of anilines is 1. The lowest BCUT2D eigenvalue weighted by Gasteiger charge is -2.08. The topological polar surface area (TPSA) is 103 Å². The predicted molar refractivity (Wildman–Crippen MR) is 76.3 cm³/mol. The van der Waals surface area contributed by atoms with Gasteiger partial charge in [-0.3, -0.25) is 0 Å². The van der Waals surface area contributed by atoms with Crippen molar-refractivity contribution in [1.82, 2.24) is 14.6 Å². The highest BCUT2D eigenvalue weighted by atomic mass is 16.5. The zero-order chi connectivity index (χ0) is 15.0. The zero-order valence-corrected chi connectivity index (χ0v) is 11.1. The molecule has 0 spiro atoms. The number of benzene rings is 1. The Labute approximate surface area is 119 Å². The fourth-order valence-corrected chi connectivity index (χ4v) is 2.12. The van der Waals surface area contributed by atoms with Crippen molar-refractivity contribution in [2.45, 2.75) is 0 Å². The van der Waals surface area contributed by atoms with Gasteiger partial charge in [0, 0.05) is 11.8 Å². The Morgan fingerprint density at radius 2 is 2.05 bits per heavy atom. The molecule has 106 valence electrons. The molecule has 0 saturated carbocycles. The summed E-state index contributed by atoms with van der Waals surface area (Å²) in [5, 5.41) is 13.4. The number of carboxylic acids is 1. The number of nitrogen functional groups attached to an aromatic ring is 1. The number of nitrogens with two attached hydrogens (primary N) is 1. The fourth-order valence-electron chi connectivity index (χ4n) is 2.12. The smallest absolute Gasteiger partial charge is 0.336 e. The molecule has 2 aromatic heterocycles. The molecule has 1 aromatic carbocycles. The molecule has 0 amide bonds. The summed E-state index contributed by atoms with van der Waals surface area (Å²) < 4.78 is 6.56. The Balaban J connectivity index is 2.22. The minimum atomic E-state index is -1.04. The number of nitrogens with zero attached hydrogens (tertiary/aromatic N) is 3. The van der Waals surface area contributed by atoms with Crippen molar-refractivity contribution in [2.24, 2.45) is 0 Å². The molecular formula is C14H12N4O3. The van der Waals surface area contributed by atoms with Gasteiger partial charge < -0.3 is 15.6 Å². The third-order valence-corrected chi connectivity index (χ3v) is 3.12. The summed E-state index contributed by atoms with van der Waals surface area (Å²) in [6.07, 6.45) is 1.60. The number of methoxy groups -OCH3 is 1. The number of ether oxygens (including phenoxy) is 1. The molecule has 0 atom stereocenters. The average molecular weight is 284 g/mol. The van der Waals surface area contributed by atoms with E-state index in [1.807, 2.05) is 0 Å². The second kappa shape index (κ2) is 4.78. The molecule has 3 rings (SSSR count). The number of fused-ring (bicyclic) bond motifs is 1. The van der Waals surface area contributed by atoms with Crippen molar-refractivity contribution in [1.29, 1.82) is 0 Å². The van der Waals surface area contributed by atoms with Crippen LogP contribution >= 0.6 is 0 Å². The molecule has 2 heterocycles. The largest absolute Gasteiger partial charge is 0.497 e. The first kappa shape index (κ1) is 12.9. The van der Waals surface area contributed by atoms with Crippen LogP contribution in [0.25, 0.3) is 16.8 Å². The molecule has 0 saturated heterocycles. The van der Waals surface area contributed by atoms with E-state index in [4.69, 9.17) is 10.5 Å². The molecule has 21 heavy (non-hydrogen) atoms. The quantitative estimate of drug-likeness (QED) is 0.758. The summed E-state index contributed by atoms with van der Waals surface area (Å²) in [5.41, 5.74) is 7.34. The Hall–Kier alpha value is -3.09. The Kier molecular flexibility index (Phi) is 2.94. The maximum atomic E-state index is 11.5. The second-order valence-electron chi connectivity index (χ2n) is 4.41. The minimum Gasteiger partial charge on any atom is -0.497 e. The Morgan fingerprint density at radius 3 is 2.67 bits per heavy atom. The van der Waals surface area contributed by atoms with Gasteiger partial charge in [0.2, 0.25) is 5.95 Å². The van der Waals surface area contributed by atoms with Crippen molar-refractivity contribution < 1.29 is 14.6 Å². The van der Waals surface area contributed by atoms with Gasteiger partial charge in [-0.2, -0.15) is 4.98 Å². The molecule has 3 aromatic rings. The SMILES string of the molecule is COc1ccc(-c2cn3nc(N)nc3cc2C(=O)O)cc1. The van der Waals surface area contributed by atoms with Gasteiger partial charge in [-0.1, -0.05) is 12.1 Å². The molecule has 0 bridgehead atoms. The maximum absolute atomic E-state index is 11.5. The van der Waals surface area contributed by atoms with E-state index < -0.39 is 5.97 Å². The van der Waals surface area contributed by atoms with Crippen molar-refractivity contribution in [2.75, 3.05) is 12.8 Å². The van der Waals surface area contributed by atoms with Crippen molar-refractivity contribution >= 4 is 17.6 Å². The highest BCUT2D eigenvalue weighted by Gasteiger charge is 2.15. The van der Waals surface area contributed by atoms with Gasteiger partial charge in [0.25, 0.3) is 0 Å². The van der Waals surface area contributed by atoms with Gasteiger partial charge in [0.1, 0.15) is 5.75 Å². The summed E-state index contributed by atoms with van der Waals surface area (Å²) in [5.74, 6) is -0.246. The lowest BCUT2D eigenvalue weighted by molar-refractivity contribution is 0.0697. The summed E-state index contributed by atoms with van der Waals surface area (Å²) in [6, 6.07) is 8.55. The molecule has 7 nitrogen and oxygen atoms in total. The van der Waals surface area contributed by atoms with E-state index in [1.165, 1.54) is 10.6 Å². The maximum Gasteiger partial charge on any atom is 0.336 e. The Morgan fingerprint density at radius 1 is 1.33 bits per heavy atom. The first-order chi connectivity index (χ1) is 10.1. The van der Waals surface area contributed by atoms with Crippen LogP contribution in [0.4, 0.5) is 5.95 Å². The van der Waals surface area contributed by atoms with Gasteiger partial charge in [-0.15, -0.1) is 5.10 Å². The normalized spacial score (nSPS) is 10.7. The van der Waals surface area contributed by atoms with Crippen molar-refractivity contribution in [3.8, 4) is 16.9 Å². The number of hydrogen-bond acceptors (Lipinski definition) is 5. The third-order valence-electron chi connectivity index (χ3n) is 3.12. The standard InChI is InChI=1S/C14H12N4O3/c1-21-9-4-2-8(3-5-9)11-7-18-12(16-14(15)17-18)6-10(11)13(19)20/h2-7H,1H3,(H2,15,17)(H,19,20). The molecule has 3 N–H and O–H groups in total. The number of carbonyl (C=O) groups is 1. The van der Waals surface area contributed by atoms with Crippen LogP contribution in [0.3, 0.4) is 0 Å². The van der Waals surface area contributed by atoms with Crippen LogP contribution in [0.15, 0.2) is 36.5 Å². The third kappa shape index (κ3) is 2.25. The summed E-state index contributed by atoms with van der Waals surface area (Å²) >= 11 is 0. The van der Waals surface area contributed by atoms with E-state index in [0.717, 1.165) is 5.56 Å². The van der Waals surface area contributed by atoms with E-state index in [0.29, 0.717) is 17.0 Å². The molecule has 0 aliphatic heterocycles. The van der Waals surface area contributed by atoms with Gasteiger partial charge in [0.05, 0.1) is 12.7 Å². The molecule has 7 heteroatoms. The number of rotatable bonds is 3. The Bertz CT molecular complexity index is 824. The van der Waals surface area contributed by atoms with E-state index in [1.54, 1.807) is 37.6 Å². The predicted octanol–water partition coefficient (Wildman–Crippen LogP) is 1.69. The molecular weight excluding hydrogens is 272 g/mol. The van der Waals surface area contributed by atoms with E-state index >= 15 is 0 Å². The van der Waals surface area contributed by atoms with Crippen LogP contribution in [0.1, 0.15) is 10.4 Å². The van der Waals surface area contributed by atoms with E-state index in [9.17, 15) is 9.90 Å². The van der Waals surface area contributed by atoms with Gasteiger partial charge >= 0.3 is 5.97 Å². The van der Waals surface area contributed by atoms with Crippen LogP contribution in [-0.2, 0) is 0 Å². The lowest BCUT2D eigenvalue weighted by Crippen LogP contribution is -2.02. The molecule has 0 fully saturated rings. The van der Waals surface area contributed by atoms with Crippen LogP contribution in [-0.4, -0.2) is 32.8 Å². The summed E-state index contributed by atoms with van der Waals surface area (Å²) in [4.78, 5) is 15.4. The van der Waals surface area contributed by atoms with Gasteiger partial charge in [0.15, 0.2) is 5.65 Å². The average Bonchev–Trinajstić information content (AvgIpc) is 2.85. The first-order valence-corrected chi connectivity index (χ1v) is 6.12. The fraction of sp³-hybridized carbons (Fsp3) is 0.0714. The van der Waals surface area contributed by atoms with Crippen LogP contribution in [0, 0.1) is 0 Å². The number of pyridine rings is 1. The molecule has 0 radical (unpaired) electrons. The van der Waals surface area contributed by atoms with E-state index in [-0.39, 0.29) is 11.5 Å². The second-order valence-corrected chi connectivity index (χ2v) is 4.41. The zero-order valence-electron chi connectivity index (χ0n) is 11.1. The van der Waals surface area contributed by atoms with E-state index in [2.05, 4.69) is 10.1 Å². The van der Waals surface area contributed by atoms with Gasteiger partial charge in [-0.25, -0.2) is 9.31 Å². The first-order valence-electron chi connectivity index (χ1n) is 6.12. The number of aromatic carboxylic acids is 1. The number of carboxylic acid groups (broad SMARTS) is 1. The van der Waals surface area contributed by atoms with Crippen LogP contribution < -0.4 is 10.5 Å². The van der Waals surface area contributed by atoms with Gasteiger partial charge in [-0.05, 0) is 23.8 Å². The minimum absolute atomic E-state index is 0.0956.